The van der Waals surface area contributed by atoms with Gasteiger partial charge in [0.15, 0.2) is 0 Å². The van der Waals surface area contributed by atoms with E-state index in [4.69, 9.17) is 5.26 Å². The fourth-order valence-corrected chi connectivity index (χ4v) is 4.47. The van der Waals surface area contributed by atoms with E-state index >= 15 is 0 Å². The number of piperidine rings is 2. The summed E-state index contributed by atoms with van der Waals surface area (Å²) < 4.78 is 0. The number of aromatic nitrogens is 1. The van der Waals surface area contributed by atoms with Gasteiger partial charge in [0, 0.05) is 51.4 Å². The Balaban J connectivity index is 1.38. The van der Waals surface area contributed by atoms with Gasteiger partial charge in [-0.1, -0.05) is 13.8 Å². The monoisotopic (exact) mass is 369 g/mol. The molecule has 0 aliphatic carbocycles. The number of nitrogens with zero attached hydrogens (tertiary/aromatic N) is 4. The molecule has 1 aromatic rings. The van der Waals surface area contributed by atoms with E-state index in [0.29, 0.717) is 5.56 Å². The maximum atomic E-state index is 12.5. The molecule has 1 aromatic heterocycles. The van der Waals surface area contributed by atoms with E-state index in [9.17, 15) is 4.79 Å². The number of anilines is 1. The van der Waals surface area contributed by atoms with Crippen LogP contribution in [-0.2, 0) is 4.79 Å². The van der Waals surface area contributed by atoms with Crippen LogP contribution in [-0.4, -0.2) is 55.1 Å². The molecule has 2 saturated heterocycles. The van der Waals surface area contributed by atoms with Crippen LogP contribution in [0.4, 0.5) is 5.82 Å². The first-order valence-corrected chi connectivity index (χ1v) is 10.2. The van der Waals surface area contributed by atoms with Gasteiger partial charge in [0.05, 0.1) is 5.56 Å². The predicted octanol–water partition coefficient (Wildman–Crippen LogP) is 2.26. The molecule has 1 amide bonds. The molecule has 6 heteroatoms. The molecule has 0 saturated carbocycles. The molecule has 0 aromatic carbocycles. The maximum Gasteiger partial charge on any atom is 0.223 e. The SMILES string of the molecule is CC1CC(C)CN(CCNC(=O)C2CCN(c3ccc(C#N)cn3)CC2)C1. The second-order valence-corrected chi connectivity index (χ2v) is 8.27. The Morgan fingerprint density at radius 3 is 2.56 bits per heavy atom. The fourth-order valence-electron chi connectivity index (χ4n) is 4.47. The summed E-state index contributed by atoms with van der Waals surface area (Å²) in [6, 6.07) is 5.77. The largest absolute Gasteiger partial charge is 0.357 e. The Labute approximate surface area is 162 Å². The molecule has 6 nitrogen and oxygen atoms in total. The Hall–Kier alpha value is -2.13. The van der Waals surface area contributed by atoms with Crippen LogP contribution >= 0.6 is 0 Å². The average molecular weight is 370 g/mol. The zero-order valence-corrected chi connectivity index (χ0v) is 16.5. The molecule has 2 aliphatic rings. The van der Waals surface area contributed by atoms with Gasteiger partial charge in [-0.05, 0) is 43.2 Å². The summed E-state index contributed by atoms with van der Waals surface area (Å²) in [4.78, 5) is 21.5. The van der Waals surface area contributed by atoms with Gasteiger partial charge in [-0.3, -0.25) is 4.79 Å². The molecule has 0 radical (unpaired) electrons. The number of carbonyl (C=O) groups is 1. The normalized spacial score (nSPS) is 24.4. The van der Waals surface area contributed by atoms with E-state index in [-0.39, 0.29) is 11.8 Å². The van der Waals surface area contributed by atoms with Crippen molar-refractivity contribution in [2.45, 2.75) is 33.1 Å². The smallest absolute Gasteiger partial charge is 0.223 e. The van der Waals surface area contributed by atoms with E-state index in [2.05, 4.69) is 40.0 Å². The summed E-state index contributed by atoms with van der Waals surface area (Å²) in [6.07, 6.45) is 4.63. The second kappa shape index (κ2) is 9.18. The number of nitriles is 1. The van der Waals surface area contributed by atoms with Gasteiger partial charge in [0.25, 0.3) is 0 Å². The summed E-state index contributed by atoms with van der Waals surface area (Å²) >= 11 is 0. The van der Waals surface area contributed by atoms with E-state index in [0.717, 1.165) is 69.8 Å². The number of carbonyl (C=O) groups excluding carboxylic acids is 1. The van der Waals surface area contributed by atoms with Crippen LogP contribution in [0.15, 0.2) is 18.3 Å². The first kappa shape index (κ1) is 19.6. The van der Waals surface area contributed by atoms with Gasteiger partial charge in [-0.25, -0.2) is 4.98 Å². The maximum absolute atomic E-state index is 12.5. The molecule has 0 bridgehead atoms. The van der Waals surface area contributed by atoms with Crippen molar-refractivity contribution in [2.75, 3.05) is 44.2 Å². The van der Waals surface area contributed by atoms with Gasteiger partial charge < -0.3 is 15.1 Å². The highest BCUT2D eigenvalue weighted by molar-refractivity contribution is 5.78. The lowest BCUT2D eigenvalue weighted by atomic mass is 9.92. The number of hydrogen-bond acceptors (Lipinski definition) is 5. The number of hydrogen-bond donors (Lipinski definition) is 1. The van der Waals surface area contributed by atoms with E-state index in [1.807, 2.05) is 6.07 Å². The van der Waals surface area contributed by atoms with Gasteiger partial charge in [-0.2, -0.15) is 5.26 Å². The quantitative estimate of drug-likeness (QED) is 0.862. The van der Waals surface area contributed by atoms with Crippen LogP contribution in [0, 0.1) is 29.1 Å². The van der Waals surface area contributed by atoms with Crippen molar-refractivity contribution >= 4 is 11.7 Å². The van der Waals surface area contributed by atoms with Gasteiger partial charge in [0.2, 0.25) is 5.91 Å². The lowest BCUT2D eigenvalue weighted by Crippen LogP contribution is -2.45. The Kier molecular flexibility index (Phi) is 6.68. The zero-order valence-electron chi connectivity index (χ0n) is 16.5. The minimum Gasteiger partial charge on any atom is -0.357 e. The number of nitrogens with one attached hydrogen (secondary N) is 1. The van der Waals surface area contributed by atoms with Gasteiger partial charge in [0.1, 0.15) is 11.9 Å². The van der Waals surface area contributed by atoms with Crippen molar-refractivity contribution in [1.82, 2.24) is 15.2 Å². The highest BCUT2D eigenvalue weighted by Gasteiger charge is 2.26. The van der Waals surface area contributed by atoms with Crippen molar-refractivity contribution in [2.24, 2.45) is 17.8 Å². The highest BCUT2D eigenvalue weighted by atomic mass is 16.1. The highest BCUT2D eigenvalue weighted by Crippen LogP contribution is 2.22. The molecule has 1 N–H and O–H groups in total. The van der Waals surface area contributed by atoms with Crippen molar-refractivity contribution in [3.05, 3.63) is 23.9 Å². The van der Waals surface area contributed by atoms with Crippen molar-refractivity contribution in [3.63, 3.8) is 0 Å². The number of amides is 1. The molecule has 27 heavy (non-hydrogen) atoms. The summed E-state index contributed by atoms with van der Waals surface area (Å²) in [5, 5.41) is 12.0. The average Bonchev–Trinajstić information content (AvgIpc) is 2.67. The molecule has 2 unspecified atom stereocenters. The Morgan fingerprint density at radius 2 is 1.96 bits per heavy atom. The number of rotatable bonds is 5. The van der Waals surface area contributed by atoms with Crippen molar-refractivity contribution < 1.29 is 4.79 Å². The third-order valence-corrected chi connectivity index (χ3v) is 5.74. The van der Waals surface area contributed by atoms with Crippen molar-refractivity contribution in [3.8, 4) is 6.07 Å². The van der Waals surface area contributed by atoms with Crippen molar-refractivity contribution in [1.29, 1.82) is 5.26 Å². The zero-order chi connectivity index (χ0) is 19.2. The van der Waals surface area contributed by atoms with E-state index < -0.39 is 0 Å². The lowest BCUT2D eigenvalue weighted by molar-refractivity contribution is -0.125. The van der Waals surface area contributed by atoms with Gasteiger partial charge >= 0.3 is 0 Å². The van der Waals surface area contributed by atoms with Crippen LogP contribution in [0.2, 0.25) is 0 Å². The van der Waals surface area contributed by atoms with Crippen LogP contribution in [0.3, 0.4) is 0 Å². The standard InChI is InChI=1S/C21H31N5O/c1-16-11-17(2)15-25(14-16)10-7-23-21(27)19-5-8-26(9-6-19)20-4-3-18(12-22)13-24-20/h3-4,13,16-17,19H,5-11,14-15H2,1-2H3,(H,23,27). The van der Waals surface area contributed by atoms with Crippen LogP contribution in [0.1, 0.15) is 38.7 Å². The number of likely N-dealkylation sites (tertiary alicyclic amines) is 1. The predicted molar refractivity (Wildman–Crippen MR) is 106 cm³/mol. The van der Waals surface area contributed by atoms with E-state index in [1.54, 1.807) is 12.3 Å². The fraction of sp³-hybridized carbons (Fsp3) is 0.667. The molecule has 2 aliphatic heterocycles. The van der Waals surface area contributed by atoms with Gasteiger partial charge in [-0.15, -0.1) is 0 Å². The summed E-state index contributed by atoms with van der Waals surface area (Å²) in [5.41, 5.74) is 0.575. The molecule has 2 fully saturated rings. The minimum absolute atomic E-state index is 0.0961. The van der Waals surface area contributed by atoms with Crippen LogP contribution in [0.5, 0.6) is 0 Å². The van der Waals surface area contributed by atoms with E-state index in [1.165, 1.54) is 6.42 Å². The first-order chi connectivity index (χ1) is 13.0. The molecule has 2 atom stereocenters. The molecular formula is C21H31N5O. The molecule has 3 rings (SSSR count). The third kappa shape index (κ3) is 5.43. The molecular weight excluding hydrogens is 338 g/mol. The van der Waals surface area contributed by atoms with Crippen LogP contribution in [0.25, 0.3) is 0 Å². The molecule has 0 spiro atoms. The minimum atomic E-state index is 0.0961. The first-order valence-electron chi connectivity index (χ1n) is 10.2. The molecule has 3 heterocycles. The topological polar surface area (TPSA) is 72.3 Å². The Bertz CT molecular complexity index is 650. The third-order valence-electron chi connectivity index (χ3n) is 5.74. The summed E-state index contributed by atoms with van der Waals surface area (Å²) in [7, 11) is 0. The van der Waals surface area contributed by atoms with Crippen LogP contribution < -0.4 is 10.2 Å². The summed E-state index contributed by atoms with van der Waals surface area (Å²) in [5.74, 6) is 2.69. The summed E-state index contributed by atoms with van der Waals surface area (Å²) in [6.45, 7) is 10.3. The molecule has 146 valence electrons. The number of pyridine rings is 1. The lowest BCUT2D eigenvalue weighted by Gasteiger charge is -2.35. The Morgan fingerprint density at radius 1 is 1.26 bits per heavy atom. The second-order valence-electron chi connectivity index (χ2n) is 8.27.